The van der Waals surface area contributed by atoms with E-state index in [0.29, 0.717) is 23.8 Å². The number of carboxylic acids is 1. The molecule has 2 unspecified atom stereocenters. The zero-order chi connectivity index (χ0) is 19.3. The Morgan fingerprint density at radius 1 is 1.25 bits per heavy atom. The quantitative estimate of drug-likeness (QED) is 0.541. The number of aryl methyl sites for hydroxylation is 1. The van der Waals surface area contributed by atoms with Gasteiger partial charge in [-0.05, 0) is 24.6 Å². The zero-order valence-corrected chi connectivity index (χ0v) is 14.9. The molecule has 2 atom stereocenters. The highest BCUT2D eigenvalue weighted by Gasteiger charge is 2.47. The lowest BCUT2D eigenvalue weighted by molar-refractivity contribution is -0.138. The van der Waals surface area contributed by atoms with Crippen molar-refractivity contribution in [1.29, 1.82) is 0 Å². The number of aliphatic carboxylic acids is 1. The number of aromatic nitrogens is 7. The van der Waals surface area contributed by atoms with Crippen molar-refractivity contribution in [2.24, 2.45) is 13.0 Å². The maximum atomic E-state index is 11.1. The van der Waals surface area contributed by atoms with Gasteiger partial charge < -0.3 is 10.4 Å². The maximum absolute atomic E-state index is 11.1. The smallest absolute Gasteiger partial charge is 0.307 e. The summed E-state index contributed by atoms with van der Waals surface area (Å²) < 4.78 is 3.54. The van der Waals surface area contributed by atoms with Gasteiger partial charge >= 0.3 is 5.97 Å². The predicted molar refractivity (Wildman–Crippen MR) is 99.0 cm³/mol. The van der Waals surface area contributed by atoms with Crippen molar-refractivity contribution in [2.45, 2.75) is 12.3 Å². The van der Waals surface area contributed by atoms with Crippen molar-refractivity contribution in [1.82, 2.24) is 34.3 Å². The normalized spacial score (nSPS) is 18.3. The second kappa shape index (κ2) is 6.12. The molecule has 0 aromatic carbocycles. The van der Waals surface area contributed by atoms with Crippen LogP contribution in [0, 0.1) is 5.92 Å². The monoisotopic (exact) mass is 376 g/mol. The van der Waals surface area contributed by atoms with E-state index in [0.717, 1.165) is 17.1 Å². The summed E-state index contributed by atoms with van der Waals surface area (Å²) in [5, 5.41) is 24.8. The molecule has 140 valence electrons. The van der Waals surface area contributed by atoms with Crippen molar-refractivity contribution in [3.63, 3.8) is 0 Å². The van der Waals surface area contributed by atoms with Crippen LogP contribution in [-0.4, -0.2) is 45.4 Å². The van der Waals surface area contributed by atoms with E-state index in [9.17, 15) is 4.79 Å². The summed E-state index contributed by atoms with van der Waals surface area (Å²) in [6, 6.07) is 7.44. The number of carbonyl (C=O) groups is 1. The molecule has 4 heterocycles. The number of rotatable bonds is 5. The van der Waals surface area contributed by atoms with Gasteiger partial charge in [0.2, 0.25) is 5.95 Å². The van der Waals surface area contributed by atoms with Gasteiger partial charge in [0.1, 0.15) is 11.6 Å². The highest BCUT2D eigenvalue weighted by atomic mass is 16.4. The first-order chi connectivity index (χ1) is 13.6. The minimum Gasteiger partial charge on any atom is -0.481 e. The average Bonchev–Trinajstić information content (AvgIpc) is 3.23. The lowest BCUT2D eigenvalue weighted by Gasteiger charge is -2.07. The van der Waals surface area contributed by atoms with E-state index in [4.69, 9.17) is 5.11 Å². The lowest BCUT2D eigenvalue weighted by Crippen LogP contribution is -2.03. The second-order valence-corrected chi connectivity index (χ2v) is 6.72. The third kappa shape index (κ3) is 2.75. The highest BCUT2D eigenvalue weighted by Crippen LogP contribution is 2.46. The summed E-state index contributed by atoms with van der Waals surface area (Å²) in [5.41, 5.74) is 2.26. The molecule has 1 saturated carbocycles. The number of carboxylic acid groups (broad SMARTS) is 1. The number of hydrogen-bond acceptors (Lipinski definition) is 7. The number of anilines is 2. The van der Waals surface area contributed by atoms with Crippen LogP contribution in [0.2, 0.25) is 0 Å². The maximum Gasteiger partial charge on any atom is 0.307 e. The molecule has 2 N–H and O–H groups in total. The fourth-order valence-electron chi connectivity index (χ4n) is 3.27. The molecule has 4 aromatic rings. The first-order valence-electron chi connectivity index (χ1n) is 8.76. The van der Waals surface area contributed by atoms with E-state index in [2.05, 4.69) is 30.6 Å². The third-order valence-electron chi connectivity index (χ3n) is 4.89. The van der Waals surface area contributed by atoms with Gasteiger partial charge in [0.05, 0.1) is 17.8 Å². The standard InChI is InChI=1S/C18H16N8O2/c1-25-14(3-6-20-25)22-18-19-5-2-13(21-18)10-4-7-26-15(8-10)23-24-16(26)11-9-12(11)17(27)28/h2-8,11-12H,9H2,1H3,(H,27,28)(H,19,21,22). The zero-order valence-electron chi connectivity index (χ0n) is 14.9. The first-order valence-corrected chi connectivity index (χ1v) is 8.76. The number of hydrogen-bond donors (Lipinski definition) is 2. The number of pyridine rings is 1. The van der Waals surface area contributed by atoms with E-state index in [1.807, 2.05) is 41.9 Å². The molecule has 0 saturated heterocycles. The van der Waals surface area contributed by atoms with Gasteiger partial charge in [-0.25, -0.2) is 9.97 Å². The molecule has 28 heavy (non-hydrogen) atoms. The minimum absolute atomic E-state index is 0.0768. The Balaban J connectivity index is 1.44. The van der Waals surface area contributed by atoms with E-state index < -0.39 is 5.97 Å². The van der Waals surface area contributed by atoms with Crippen LogP contribution in [0.25, 0.3) is 16.9 Å². The fraction of sp³-hybridized carbons (Fsp3) is 0.222. The van der Waals surface area contributed by atoms with E-state index >= 15 is 0 Å². The highest BCUT2D eigenvalue weighted by molar-refractivity contribution is 5.75. The van der Waals surface area contributed by atoms with E-state index in [1.165, 1.54) is 0 Å². The average molecular weight is 376 g/mol. The Bertz CT molecular complexity index is 1200. The molecule has 0 spiro atoms. The first kappa shape index (κ1) is 16.4. The molecule has 10 heteroatoms. The van der Waals surface area contributed by atoms with Gasteiger partial charge in [0.15, 0.2) is 5.65 Å². The van der Waals surface area contributed by atoms with Crippen LogP contribution in [-0.2, 0) is 11.8 Å². The topological polar surface area (TPSA) is 123 Å². The Morgan fingerprint density at radius 2 is 2.14 bits per heavy atom. The van der Waals surface area contributed by atoms with Crippen molar-refractivity contribution in [3.8, 4) is 11.3 Å². The van der Waals surface area contributed by atoms with Crippen molar-refractivity contribution >= 4 is 23.4 Å². The van der Waals surface area contributed by atoms with E-state index in [1.54, 1.807) is 17.1 Å². The predicted octanol–water partition coefficient (Wildman–Crippen LogP) is 1.85. The van der Waals surface area contributed by atoms with Crippen LogP contribution in [0.5, 0.6) is 0 Å². The van der Waals surface area contributed by atoms with Gasteiger partial charge in [0, 0.05) is 37.0 Å². The SMILES string of the molecule is Cn1nccc1Nc1nccc(-c2ccn3c(C4CC4C(=O)O)nnc3c2)n1. The lowest BCUT2D eigenvalue weighted by atomic mass is 10.2. The van der Waals surface area contributed by atoms with E-state index in [-0.39, 0.29) is 11.8 Å². The molecule has 4 aromatic heterocycles. The number of nitrogens with zero attached hydrogens (tertiary/aromatic N) is 7. The van der Waals surface area contributed by atoms with Gasteiger partial charge in [-0.3, -0.25) is 13.9 Å². The molecular weight excluding hydrogens is 360 g/mol. The molecule has 0 radical (unpaired) electrons. The molecular formula is C18H16N8O2. The summed E-state index contributed by atoms with van der Waals surface area (Å²) in [6.07, 6.45) is 5.83. The van der Waals surface area contributed by atoms with Gasteiger partial charge in [0.25, 0.3) is 0 Å². The third-order valence-corrected chi connectivity index (χ3v) is 4.89. The number of nitrogens with one attached hydrogen (secondary N) is 1. The molecule has 10 nitrogen and oxygen atoms in total. The molecule has 0 amide bonds. The molecule has 1 aliphatic carbocycles. The van der Waals surface area contributed by atoms with Crippen LogP contribution in [0.15, 0.2) is 42.9 Å². The Hall–Kier alpha value is -3.82. The molecule has 0 aliphatic heterocycles. The van der Waals surface area contributed by atoms with Crippen LogP contribution < -0.4 is 5.32 Å². The van der Waals surface area contributed by atoms with Crippen molar-refractivity contribution in [3.05, 3.63) is 48.7 Å². The Morgan fingerprint density at radius 3 is 2.89 bits per heavy atom. The van der Waals surface area contributed by atoms with Crippen molar-refractivity contribution < 1.29 is 9.90 Å². The Labute approximate surface area is 158 Å². The van der Waals surface area contributed by atoms with Crippen LogP contribution in [0.3, 0.4) is 0 Å². The second-order valence-electron chi connectivity index (χ2n) is 6.72. The van der Waals surface area contributed by atoms with Gasteiger partial charge in [-0.1, -0.05) is 0 Å². The van der Waals surface area contributed by atoms with Gasteiger partial charge in [-0.15, -0.1) is 10.2 Å². The summed E-state index contributed by atoms with van der Waals surface area (Å²) in [4.78, 5) is 19.9. The van der Waals surface area contributed by atoms with Crippen molar-refractivity contribution in [2.75, 3.05) is 5.32 Å². The summed E-state index contributed by atoms with van der Waals surface area (Å²) in [5.74, 6) is 0.710. The summed E-state index contributed by atoms with van der Waals surface area (Å²) >= 11 is 0. The summed E-state index contributed by atoms with van der Waals surface area (Å²) in [6.45, 7) is 0. The molecule has 5 rings (SSSR count). The van der Waals surface area contributed by atoms with Crippen LogP contribution in [0.4, 0.5) is 11.8 Å². The molecule has 0 bridgehead atoms. The molecule has 1 aliphatic rings. The molecule has 1 fully saturated rings. The van der Waals surface area contributed by atoms with Crippen LogP contribution in [0.1, 0.15) is 18.2 Å². The largest absolute Gasteiger partial charge is 0.481 e. The summed E-state index contributed by atoms with van der Waals surface area (Å²) in [7, 11) is 1.83. The number of fused-ring (bicyclic) bond motifs is 1. The fourth-order valence-corrected chi connectivity index (χ4v) is 3.27. The van der Waals surface area contributed by atoms with Crippen LogP contribution >= 0.6 is 0 Å². The minimum atomic E-state index is -0.784. The Kier molecular flexibility index (Phi) is 3.57. The van der Waals surface area contributed by atoms with Gasteiger partial charge in [-0.2, -0.15) is 5.10 Å².